The third-order valence-electron chi connectivity index (χ3n) is 3.08. The summed E-state index contributed by atoms with van der Waals surface area (Å²) in [5.41, 5.74) is 0.735. The highest BCUT2D eigenvalue weighted by atomic mass is 35.5. The smallest absolute Gasteiger partial charge is 0.352 e. The second kappa shape index (κ2) is 5.05. The maximum atomic E-state index is 11.2. The molecule has 1 aliphatic rings. The number of allylic oxidation sites excluding steroid dienone is 1. The summed E-state index contributed by atoms with van der Waals surface area (Å²) in [6, 6.07) is 4.59. The maximum absolute atomic E-state index is 11.2. The van der Waals surface area contributed by atoms with Gasteiger partial charge in [-0.25, -0.2) is 9.48 Å². The maximum Gasteiger partial charge on any atom is 0.352 e. The van der Waals surface area contributed by atoms with Crippen molar-refractivity contribution in [1.82, 2.24) is 14.8 Å². The Morgan fingerprint density at radius 2 is 2.19 bits per heavy atom. The van der Waals surface area contributed by atoms with Crippen LogP contribution in [-0.4, -0.2) is 25.8 Å². The van der Waals surface area contributed by atoms with E-state index in [1.165, 1.54) is 0 Å². The molecule has 0 saturated carbocycles. The highest BCUT2D eigenvalue weighted by Crippen LogP contribution is 2.34. The molecule has 1 aromatic heterocycles. The number of carboxylic acids is 1. The fraction of sp³-hybridized carbons (Fsp3) is 0.154. The van der Waals surface area contributed by atoms with Crippen LogP contribution in [0.25, 0.3) is 0 Å². The molecule has 0 radical (unpaired) electrons. The van der Waals surface area contributed by atoms with Crippen LogP contribution in [0.3, 0.4) is 0 Å². The fourth-order valence-corrected chi connectivity index (χ4v) is 2.71. The molecule has 21 heavy (non-hydrogen) atoms. The third kappa shape index (κ3) is 2.48. The van der Waals surface area contributed by atoms with Crippen molar-refractivity contribution >= 4 is 35.1 Å². The van der Waals surface area contributed by atoms with Gasteiger partial charge in [0.25, 0.3) is 0 Å². The van der Waals surface area contributed by atoms with Gasteiger partial charge in [-0.2, -0.15) is 10.1 Å². The molecule has 0 saturated heterocycles. The van der Waals surface area contributed by atoms with Crippen LogP contribution in [0.5, 0.6) is 0 Å². The molecule has 2 heterocycles. The van der Waals surface area contributed by atoms with Crippen molar-refractivity contribution in [2.24, 2.45) is 0 Å². The van der Waals surface area contributed by atoms with Gasteiger partial charge < -0.3 is 10.4 Å². The van der Waals surface area contributed by atoms with Crippen LogP contribution in [0, 0.1) is 6.92 Å². The van der Waals surface area contributed by atoms with E-state index >= 15 is 0 Å². The van der Waals surface area contributed by atoms with Gasteiger partial charge in [-0.1, -0.05) is 29.3 Å². The summed E-state index contributed by atoms with van der Waals surface area (Å²) in [7, 11) is 0. The fourth-order valence-electron chi connectivity index (χ4n) is 2.19. The molecule has 0 fully saturated rings. The molecular formula is C13H10Cl2N4O2. The first kappa shape index (κ1) is 13.9. The number of aromatic nitrogens is 3. The Morgan fingerprint density at radius 3 is 2.86 bits per heavy atom. The lowest BCUT2D eigenvalue weighted by Gasteiger charge is -2.23. The molecule has 0 bridgehead atoms. The molecule has 2 N–H and O–H groups in total. The monoisotopic (exact) mass is 324 g/mol. The summed E-state index contributed by atoms with van der Waals surface area (Å²) >= 11 is 12.1. The second-order valence-electron chi connectivity index (χ2n) is 4.55. The predicted molar refractivity (Wildman–Crippen MR) is 78.7 cm³/mol. The van der Waals surface area contributed by atoms with Crippen molar-refractivity contribution in [1.29, 1.82) is 0 Å². The number of carboxylic acid groups (broad SMARTS) is 1. The van der Waals surface area contributed by atoms with Crippen molar-refractivity contribution in [3.63, 3.8) is 0 Å². The number of rotatable bonds is 2. The van der Waals surface area contributed by atoms with Gasteiger partial charge in [0.15, 0.2) is 0 Å². The zero-order chi connectivity index (χ0) is 15.1. The van der Waals surface area contributed by atoms with E-state index in [2.05, 4.69) is 15.4 Å². The van der Waals surface area contributed by atoms with E-state index in [1.54, 1.807) is 35.9 Å². The number of carbonyl (C=O) groups is 1. The van der Waals surface area contributed by atoms with Crippen LogP contribution < -0.4 is 5.32 Å². The van der Waals surface area contributed by atoms with Crippen LogP contribution in [0.15, 0.2) is 30.0 Å². The van der Waals surface area contributed by atoms with E-state index in [4.69, 9.17) is 23.2 Å². The van der Waals surface area contributed by atoms with Crippen molar-refractivity contribution in [2.45, 2.75) is 13.0 Å². The minimum atomic E-state index is -1.07. The van der Waals surface area contributed by atoms with Crippen LogP contribution in [0.1, 0.15) is 17.4 Å². The molecule has 6 nitrogen and oxygen atoms in total. The highest BCUT2D eigenvalue weighted by Gasteiger charge is 2.27. The molecule has 108 valence electrons. The Hall–Kier alpha value is -2.05. The van der Waals surface area contributed by atoms with Crippen molar-refractivity contribution in [3.8, 4) is 0 Å². The van der Waals surface area contributed by atoms with Crippen LogP contribution >= 0.6 is 23.2 Å². The van der Waals surface area contributed by atoms with Gasteiger partial charge in [0, 0.05) is 10.0 Å². The largest absolute Gasteiger partial charge is 0.477 e. The second-order valence-corrected chi connectivity index (χ2v) is 5.39. The van der Waals surface area contributed by atoms with Crippen molar-refractivity contribution in [2.75, 3.05) is 5.32 Å². The average molecular weight is 325 g/mol. The van der Waals surface area contributed by atoms with Gasteiger partial charge in [-0.3, -0.25) is 0 Å². The van der Waals surface area contributed by atoms with Gasteiger partial charge in [-0.15, -0.1) is 0 Å². The first-order valence-electron chi connectivity index (χ1n) is 6.06. The zero-order valence-electron chi connectivity index (χ0n) is 10.8. The summed E-state index contributed by atoms with van der Waals surface area (Å²) in [6.45, 7) is 1.73. The zero-order valence-corrected chi connectivity index (χ0v) is 12.4. The predicted octanol–water partition coefficient (Wildman–Crippen LogP) is 2.88. The SMILES string of the molecule is Cc1nc2n(n1)C(c1ccc(Cl)cc1Cl)C=C(C(=O)O)N2. The number of nitrogens with one attached hydrogen (secondary N) is 1. The van der Waals surface area contributed by atoms with E-state index in [0.717, 1.165) is 0 Å². The average Bonchev–Trinajstić information content (AvgIpc) is 2.78. The lowest BCUT2D eigenvalue weighted by atomic mass is 10.0. The number of aliphatic carboxylic acids is 1. The normalized spacial score (nSPS) is 16.9. The molecule has 1 atom stereocenters. The Labute approximate surface area is 130 Å². The number of hydrogen-bond donors (Lipinski definition) is 2. The Kier molecular flexibility index (Phi) is 3.35. The number of halogens is 2. The van der Waals surface area contributed by atoms with Gasteiger partial charge in [-0.05, 0) is 30.7 Å². The molecule has 2 aromatic rings. The summed E-state index contributed by atoms with van der Waals surface area (Å²) in [5, 5.41) is 17.2. The summed E-state index contributed by atoms with van der Waals surface area (Å²) in [4.78, 5) is 15.4. The van der Waals surface area contributed by atoms with Crippen LogP contribution in [0.4, 0.5) is 5.95 Å². The highest BCUT2D eigenvalue weighted by molar-refractivity contribution is 6.35. The lowest BCUT2D eigenvalue weighted by molar-refractivity contribution is -0.132. The van der Waals surface area contributed by atoms with Crippen LogP contribution in [-0.2, 0) is 4.79 Å². The summed E-state index contributed by atoms with van der Waals surface area (Å²) < 4.78 is 1.59. The van der Waals surface area contributed by atoms with Gasteiger partial charge in [0.1, 0.15) is 17.6 Å². The lowest BCUT2D eigenvalue weighted by Crippen LogP contribution is -2.24. The van der Waals surface area contributed by atoms with E-state index in [1.807, 2.05) is 0 Å². The van der Waals surface area contributed by atoms with Gasteiger partial charge in [0.2, 0.25) is 5.95 Å². The number of fused-ring (bicyclic) bond motifs is 1. The van der Waals surface area contributed by atoms with E-state index < -0.39 is 12.0 Å². The van der Waals surface area contributed by atoms with Gasteiger partial charge in [0.05, 0.1) is 0 Å². The number of benzene rings is 1. The Balaban J connectivity index is 2.16. The molecule has 0 aliphatic carbocycles. The summed E-state index contributed by atoms with van der Waals surface area (Å²) in [5.74, 6) is -0.173. The third-order valence-corrected chi connectivity index (χ3v) is 3.65. The minimum absolute atomic E-state index is 0.0333. The Morgan fingerprint density at radius 1 is 1.43 bits per heavy atom. The molecule has 1 aromatic carbocycles. The first-order chi connectivity index (χ1) is 9.95. The minimum Gasteiger partial charge on any atom is -0.477 e. The molecular weight excluding hydrogens is 315 g/mol. The van der Waals surface area contributed by atoms with E-state index in [9.17, 15) is 9.90 Å². The molecule has 1 aliphatic heterocycles. The number of aryl methyl sites for hydroxylation is 1. The van der Waals surface area contributed by atoms with Crippen molar-refractivity contribution in [3.05, 3.63) is 51.4 Å². The quantitative estimate of drug-likeness (QED) is 0.887. The summed E-state index contributed by atoms with van der Waals surface area (Å²) in [6.07, 6.45) is 1.54. The van der Waals surface area contributed by atoms with E-state index in [-0.39, 0.29) is 5.70 Å². The van der Waals surface area contributed by atoms with Crippen LogP contribution in [0.2, 0.25) is 10.0 Å². The topological polar surface area (TPSA) is 80.0 Å². The molecule has 1 unspecified atom stereocenters. The van der Waals surface area contributed by atoms with E-state index in [0.29, 0.717) is 27.4 Å². The molecule has 8 heteroatoms. The standard InChI is InChI=1S/C13H10Cl2N4O2/c1-6-16-13-17-10(12(20)21)5-11(19(13)18-6)8-3-2-7(14)4-9(8)15/h2-5,11H,1H3,(H,20,21)(H,16,17,18). The molecule has 0 spiro atoms. The number of nitrogens with zero attached hydrogens (tertiary/aromatic N) is 3. The molecule has 0 amide bonds. The molecule has 3 rings (SSSR count). The Bertz CT molecular complexity index is 770. The van der Waals surface area contributed by atoms with Crippen molar-refractivity contribution < 1.29 is 9.90 Å². The first-order valence-corrected chi connectivity index (χ1v) is 6.81. The number of hydrogen-bond acceptors (Lipinski definition) is 4. The number of anilines is 1. The van der Waals surface area contributed by atoms with Gasteiger partial charge >= 0.3 is 5.97 Å².